The Hall–Kier alpha value is -0.800. The van der Waals surface area contributed by atoms with Gasteiger partial charge in [-0.15, -0.1) is 0 Å². The van der Waals surface area contributed by atoms with E-state index < -0.39 is 5.82 Å². The van der Waals surface area contributed by atoms with E-state index in [-0.39, 0.29) is 11.1 Å². The van der Waals surface area contributed by atoms with Crippen molar-refractivity contribution in [1.29, 1.82) is 0 Å². The van der Waals surface area contributed by atoms with E-state index >= 15 is 0 Å². The van der Waals surface area contributed by atoms with Crippen LogP contribution in [-0.2, 0) is 0 Å². The van der Waals surface area contributed by atoms with Gasteiger partial charge in [-0.25, -0.2) is 4.39 Å². The molecule has 0 aliphatic rings. The summed E-state index contributed by atoms with van der Waals surface area (Å²) < 4.78 is 18.9. The molecule has 0 saturated carbocycles. The van der Waals surface area contributed by atoms with Crippen LogP contribution in [0.3, 0.4) is 0 Å². The second-order valence-corrected chi connectivity index (χ2v) is 4.72. The molecule has 0 aromatic heterocycles. The minimum absolute atomic E-state index is 0.100. The molecule has 0 aliphatic carbocycles. The van der Waals surface area contributed by atoms with E-state index in [2.05, 4.69) is 19.2 Å². The predicted molar refractivity (Wildman–Crippen MR) is 73.9 cm³/mol. The highest BCUT2D eigenvalue weighted by atomic mass is 35.5. The first kappa shape index (κ1) is 15.3. The summed E-state index contributed by atoms with van der Waals surface area (Å²) in [5.41, 5.74) is 0. The molecular formula is C14H21ClFNO. The molecule has 0 saturated heterocycles. The maximum atomic E-state index is 13.0. The Labute approximate surface area is 113 Å². The number of hydrogen-bond donors (Lipinski definition) is 1. The fourth-order valence-corrected chi connectivity index (χ4v) is 1.88. The molecule has 1 aromatic carbocycles. The van der Waals surface area contributed by atoms with Gasteiger partial charge in [0, 0.05) is 12.6 Å². The first-order chi connectivity index (χ1) is 8.67. The second-order valence-electron chi connectivity index (χ2n) is 4.31. The number of nitrogens with one attached hydrogen (secondary N) is 1. The van der Waals surface area contributed by atoms with E-state index in [1.165, 1.54) is 12.1 Å². The van der Waals surface area contributed by atoms with Crippen LogP contribution in [0.5, 0.6) is 5.75 Å². The maximum Gasteiger partial charge on any atom is 0.142 e. The molecule has 1 rings (SSSR count). The van der Waals surface area contributed by atoms with Gasteiger partial charge in [0.25, 0.3) is 0 Å². The van der Waals surface area contributed by atoms with Crippen LogP contribution in [0.2, 0.25) is 5.02 Å². The fourth-order valence-electron chi connectivity index (χ4n) is 1.71. The predicted octanol–water partition coefficient (Wildman–Crippen LogP) is 4.03. The van der Waals surface area contributed by atoms with Crippen molar-refractivity contribution >= 4 is 11.6 Å². The number of hydrogen-bond acceptors (Lipinski definition) is 2. The summed E-state index contributed by atoms with van der Waals surface area (Å²) in [6.07, 6.45) is 3.21. The Balaban J connectivity index is 2.55. The molecule has 4 heteroatoms. The molecule has 2 nitrogen and oxygen atoms in total. The molecule has 0 spiro atoms. The SMILES string of the molecule is CCCNCC(CCC)Oc1ccc(F)c(Cl)c1. The number of rotatable bonds is 8. The molecule has 1 unspecified atom stereocenters. The Morgan fingerprint density at radius 1 is 1.33 bits per heavy atom. The van der Waals surface area contributed by atoms with Gasteiger partial charge >= 0.3 is 0 Å². The molecule has 1 aromatic rings. The summed E-state index contributed by atoms with van der Waals surface area (Å²) in [6, 6.07) is 4.48. The second kappa shape index (κ2) is 8.33. The first-order valence-electron chi connectivity index (χ1n) is 6.49. The van der Waals surface area contributed by atoms with Crippen molar-refractivity contribution in [2.75, 3.05) is 13.1 Å². The lowest BCUT2D eigenvalue weighted by molar-refractivity contribution is 0.186. The average Bonchev–Trinajstić information content (AvgIpc) is 2.34. The van der Waals surface area contributed by atoms with Crippen LogP contribution in [0.4, 0.5) is 4.39 Å². The zero-order chi connectivity index (χ0) is 13.4. The Kier molecular flexibility index (Phi) is 7.06. The lowest BCUT2D eigenvalue weighted by Crippen LogP contribution is -2.31. The van der Waals surface area contributed by atoms with Gasteiger partial charge in [-0.3, -0.25) is 0 Å². The highest BCUT2D eigenvalue weighted by Crippen LogP contribution is 2.22. The van der Waals surface area contributed by atoms with Gasteiger partial charge in [-0.2, -0.15) is 0 Å². The Morgan fingerprint density at radius 3 is 2.72 bits per heavy atom. The van der Waals surface area contributed by atoms with Crippen molar-refractivity contribution in [1.82, 2.24) is 5.32 Å². The number of benzene rings is 1. The fraction of sp³-hybridized carbons (Fsp3) is 0.571. The topological polar surface area (TPSA) is 21.3 Å². The molecule has 0 amide bonds. The molecule has 102 valence electrons. The van der Waals surface area contributed by atoms with E-state index in [1.54, 1.807) is 6.07 Å². The maximum absolute atomic E-state index is 13.0. The zero-order valence-electron chi connectivity index (χ0n) is 11.0. The monoisotopic (exact) mass is 273 g/mol. The van der Waals surface area contributed by atoms with Crippen LogP contribution in [0, 0.1) is 5.82 Å². The van der Waals surface area contributed by atoms with Crippen LogP contribution in [0.1, 0.15) is 33.1 Å². The highest BCUT2D eigenvalue weighted by molar-refractivity contribution is 6.30. The van der Waals surface area contributed by atoms with Gasteiger partial charge in [0.2, 0.25) is 0 Å². The molecule has 0 heterocycles. The lowest BCUT2D eigenvalue weighted by atomic mass is 10.2. The third kappa shape index (κ3) is 5.23. The summed E-state index contributed by atoms with van der Waals surface area (Å²) in [6.45, 7) is 6.03. The minimum Gasteiger partial charge on any atom is -0.489 e. The van der Waals surface area contributed by atoms with Crippen LogP contribution in [0.15, 0.2) is 18.2 Å². The zero-order valence-corrected chi connectivity index (χ0v) is 11.8. The lowest BCUT2D eigenvalue weighted by Gasteiger charge is -2.19. The van der Waals surface area contributed by atoms with Crippen LogP contribution in [0.25, 0.3) is 0 Å². The Bertz CT molecular complexity index is 360. The summed E-state index contributed by atoms with van der Waals surface area (Å²) >= 11 is 5.73. The third-order valence-electron chi connectivity index (χ3n) is 2.60. The van der Waals surface area contributed by atoms with Crippen LogP contribution >= 0.6 is 11.6 Å². The van der Waals surface area contributed by atoms with E-state index in [0.717, 1.165) is 32.4 Å². The molecular weight excluding hydrogens is 253 g/mol. The quantitative estimate of drug-likeness (QED) is 0.722. The number of halogens is 2. The Morgan fingerprint density at radius 2 is 2.11 bits per heavy atom. The van der Waals surface area contributed by atoms with Crippen molar-refractivity contribution in [3.05, 3.63) is 29.0 Å². The van der Waals surface area contributed by atoms with Gasteiger partial charge in [0.1, 0.15) is 17.7 Å². The summed E-state index contributed by atoms with van der Waals surface area (Å²) in [5.74, 6) is 0.207. The molecule has 0 radical (unpaired) electrons. The van der Waals surface area contributed by atoms with Crippen LogP contribution < -0.4 is 10.1 Å². The van der Waals surface area contributed by atoms with Gasteiger partial charge in [-0.05, 0) is 31.5 Å². The van der Waals surface area contributed by atoms with E-state index in [1.807, 2.05) is 0 Å². The van der Waals surface area contributed by atoms with Gasteiger partial charge in [-0.1, -0.05) is 31.9 Å². The molecule has 0 fully saturated rings. The van der Waals surface area contributed by atoms with E-state index in [0.29, 0.717) is 5.75 Å². The summed E-state index contributed by atoms with van der Waals surface area (Å²) in [4.78, 5) is 0. The molecule has 1 atom stereocenters. The van der Waals surface area contributed by atoms with Gasteiger partial charge in [0.15, 0.2) is 0 Å². The standard InChI is InChI=1S/C14H21ClFNO/c1-3-5-12(10-17-8-4-2)18-11-6-7-14(16)13(15)9-11/h6-7,9,12,17H,3-5,8,10H2,1-2H3. The van der Waals surface area contributed by atoms with Crippen LogP contribution in [-0.4, -0.2) is 19.2 Å². The molecule has 1 N–H and O–H groups in total. The van der Waals surface area contributed by atoms with Gasteiger partial charge < -0.3 is 10.1 Å². The first-order valence-corrected chi connectivity index (χ1v) is 6.87. The number of ether oxygens (including phenoxy) is 1. The highest BCUT2D eigenvalue weighted by Gasteiger charge is 2.10. The summed E-state index contributed by atoms with van der Waals surface area (Å²) in [5, 5.41) is 3.44. The normalized spacial score (nSPS) is 12.4. The average molecular weight is 274 g/mol. The van der Waals surface area contributed by atoms with Crippen molar-refractivity contribution < 1.29 is 9.13 Å². The van der Waals surface area contributed by atoms with Crippen molar-refractivity contribution in [2.24, 2.45) is 0 Å². The van der Waals surface area contributed by atoms with E-state index in [4.69, 9.17) is 16.3 Å². The largest absolute Gasteiger partial charge is 0.489 e. The summed E-state index contributed by atoms with van der Waals surface area (Å²) in [7, 11) is 0. The smallest absolute Gasteiger partial charge is 0.142 e. The minimum atomic E-state index is -0.417. The van der Waals surface area contributed by atoms with Crippen molar-refractivity contribution in [3.63, 3.8) is 0 Å². The third-order valence-corrected chi connectivity index (χ3v) is 2.89. The van der Waals surface area contributed by atoms with Crippen molar-refractivity contribution in [2.45, 2.75) is 39.2 Å². The molecule has 0 aliphatic heterocycles. The van der Waals surface area contributed by atoms with Gasteiger partial charge in [0.05, 0.1) is 5.02 Å². The van der Waals surface area contributed by atoms with Crippen molar-refractivity contribution in [3.8, 4) is 5.75 Å². The molecule has 18 heavy (non-hydrogen) atoms. The molecule has 0 bridgehead atoms. The van der Waals surface area contributed by atoms with E-state index in [9.17, 15) is 4.39 Å².